The molecule has 130 valence electrons. The van der Waals surface area contributed by atoms with Gasteiger partial charge >= 0.3 is 0 Å². The first-order chi connectivity index (χ1) is 10.4. The van der Waals surface area contributed by atoms with Gasteiger partial charge in [0.1, 0.15) is 6.17 Å². The summed E-state index contributed by atoms with van der Waals surface area (Å²) in [6, 6.07) is 0. The summed E-state index contributed by atoms with van der Waals surface area (Å²) >= 11 is 0. The Morgan fingerprint density at radius 3 is 2.23 bits per heavy atom. The standard InChI is InChI=1S/C18H35FN2O/c1-5-9-20-10-6-15(7-11-20)22-17-8-12-21(13-16(17)19)14-18(2,3)4/h15-17H,5-14H2,1-4H3. The first kappa shape index (κ1) is 18.2. The van der Waals surface area contributed by atoms with Gasteiger partial charge in [-0.2, -0.15) is 0 Å². The molecule has 22 heavy (non-hydrogen) atoms. The Balaban J connectivity index is 1.72. The molecule has 2 aliphatic heterocycles. The third-order valence-electron chi connectivity index (χ3n) is 4.71. The van der Waals surface area contributed by atoms with E-state index in [1.54, 1.807) is 0 Å². The number of likely N-dealkylation sites (tertiary alicyclic amines) is 2. The van der Waals surface area contributed by atoms with Gasteiger partial charge < -0.3 is 9.64 Å². The zero-order valence-corrected chi connectivity index (χ0v) is 15.0. The average molecular weight is 314 g/mol. The summed E-state index contributed by atoms with van der Waals surface area (Å²) in [6.07, 6.45) is 3.44. The minimum atomic E-state index is -0.829. The van der Waals surface area contributed by atoms with Gasteiger partial charge in [-0.1, -0.05) is 27.7 Å². The zero-order valence-electron chi connectivity index (χ0n) is 15.0. The molecule has 0 saturated carbocycles. The monoisotopic (exact) mass is 314 g/mol. The average Bonchev–Trinajstić information content (AvgIpc) is 2.42. The summed E-state index contributed by atoms with van der Waals surface area (Å²) in [4.78, 5) is 4.76. The van der Waals surface area contributed by atoms with E-state index < -0.39 is 6.17 Å². The van der Waals surface area contributed by atoms with E-state index in [0.29, 0.717) is 6.54 Å². The molecule has 0 spiro atoms. The maximum Gasteiger partial charge on any atom is 0.139 e. The topological polar surface area (TPSA) is 15.7 Å². The number of ether oxygens (including phenoxy) is 1. The Bertz CT molecular complexity index is 324. The number of hydrogen-bond acceptors (Lipinski definition) is 3. The molecule has 2 aliphatic rings. The molecule has 0 aliphatic carbocycles. The molecule has 4 heteroatoms. The van der Waals surface area contributed by atoms with E-state index in [1.165, 1.54) is 13.0 Å². The largest absolute Gasteiger partial charge is 0.372 e. The summed E-state index contributed by atoms with van der Waals surface area (Å²) in [5.41, 5.74) is 0.236. The van der Waals surface area contributed by atoms with Crippen molar-refractivity contribution in [1.82, 2.24) is 9.80 Å². The van der Waals surface area contributed by atoms with Crippen LogP contribution in [-0.2, 0) is 4.74 Å². The molecular weight excluding hydrogens is 279 g/mol. The van der Waals surface area contributed by atoms with Crippen LogP contribution in [0.5, 0.6) is 0 Å². The molecular formula is C18H35FN2O. The third-order valence-corrected chi connectivity index (χ3v) is 4.71. The van der Waals surface area contributed by atoms with Gasteiger partial charge in [0.2, 0.25) is 0 Å². The van der Waals surface area contributed by atoms with Crippen molar-refractivity contribution in [3.05, 3.63) is 0 Å². The SMILES string of the molecule is CCCN1CCC(OC2CCN(CC(C)(C)C)CC2F)CC1. The van der Waals surface area contributed by atoms with Gasteiger partial charge in [-0.25, -0.2) is 4.39 Å². The second-order valence-corrected chi connectivity index (χ2v) is 8.32. The summed E-state index contributed by atoms with van der Waals surface area (Å²) in [7, 11) is 0. The molecule has 2 saturated heterocycles. The molecule has 2 unspecified atom stereocenters. The Labute approximate surface area is 136 Å². The third kappa shape index (κ3) is 5.78. The molecule has 2 fully saturated rings. The zero-order chi connectivity index (χ0) is 16.2. The number of piperidine rings is 2. The van der Waals surface area contributed by atoms with Crippen LogP contribution in [0.25, 0.3) is 0 Å². The summed E-state index contributed by atoms with van der Waals surface area (Å²) in [6.45, 7) is 14.7. The molecule has 0 amide bonds. The molecule has 2 heterocycles. The normalized spacial score (nSPS) is 29.9. The number of alkyl halides is 1. The smallest absolute Gasteiger partial charge is 0.139 e. The molecule has 0 aromatic rings. The molecule has 0 N–H and O–H groups in total. The summed E-state index contributed by atoms with van der Waals surface area (Å²) in [5.74, 6) is 0. The maximum absolute atomic E-state index is 14.4. The van der Waals surface area contributed by atoms with Crippen LogP contribution in [0.3, 0.4) is 0 Å². The number of hydrogen-bond donors (Lipinski definition) is 0. The van der Waals surface area contributed by atoms with E-state index in [0.717, 1.165) is 45.4 Å². The van der Waals surface area contributed by atoms with Crippen LogP contribution >= 0.6 is 0 Å². The lowest BCUT2D eigenvalue weighted by Gasteiger charge is -2.40. The van der Waals surface area contributed by atoms with Crippen molar-refractivity contribution in [3.8, 4) is 0 Å². The highest BCUT2D eigenvalue weighted by Gasteiger charge is 2.33. The molecule has 3 nitrogen and oxygen atoms in total. The van der Waals surface area contributed by atoms with Crippen LogP contribution in [0.4, 0.5) is 4.39 Å². The molecule has 0 radical (unpaired) electrons. The van der Waals surface area contributed by atoms with Crippen molar-refractivity contribution in [1.29, 1.82) is 0 Å². The van der Waals surface area contributed by atoms with Gasteiger partial charge in [0.15, 0.2) is 0 Å². The van der Waals surface area contributed by atoms with Crippen LogP contribution in [0.15, 0.2) is 0 Å². The molecule has 0 bridgehead atoms. The van der Waals surface area contributed by atoms with E-state index in [4.69, 9.17) is 4.74 Å². The molecule has 0 aromatic carbocycles. The fraction of sp³-hybridized carbons (Fsp3) is 1.00. The van der Waals surface area contributed by atoms with Gasteiger partial charge in [0.05, 0.1) is 12.2 Å². The van der Waals surface area contributed by atoms with Gasteiger partial charge in [0, 0.05) is 32.7 Å². The van der Waals surface area contributed by atoms with Gasteiger partial charge in [-0.15, -0.1) is 0 Å². The van der Waals surface area contributed by atoms with Crippen LogP contribution < -0.4 is 0 Å². The highest BCUT2D eigenvalue weighted by atomic mass is 19.1. The minimum Gasteiger partial charge on any atom is -0.372 e. The summed E-state index contributed by atoms with van der Waals surface area (Å²) < 4.78 is 20.6. The van der Waals surface area contributed by atoms with E-state index in [-0.39, 0.29) is 17.6 Å². The highest BCUT2D eigenvalue weighted by molar-refractivity contribution is 4.85. The van der Waals surface area contributed by atoms with Crippen molar-refractivity contribution in [2.75, 3.05) is 39.3 Å². The number of halogens is 1. The van der Waals surface area contributed by atoms with Crippen LogP contribution in [0, 0.1) is 5.41 Å². The first-order valence-corrected chi connectivity index (χ1v) is 9.11. The lowest BCUT2D eigenvalue weighted by Crippen LogP contribution is -2.49. The Kier molecular flexibility index (Phi) is 6.66. The summed E-state index contributed by atoms with van der Waals surface area (Å²) in [5, 5.41) is 0. The lowest BCUT2D eigenvalue weighted by atomic mass is 9.94. The molecule has 2 rings (SSSR count). The fourth-order valence-electron chi connectivity index (χ4n) is 3.75. The van der Waals surface area contributed by atoms with Gasteiger partial charge in [-0.05, 0) is 37.6 Å². The van der Waals surface area contributed by atoms with E-state index >= 15 is 0 Å². The van der Waals surface area contributed by atoms with Crippen molar-refractivity contribution < 1.29 is 9.13 Å². The first-order valence-electron chi connectivity index (χ1n) is 9.11. The van der Waals surface area contributed by atoms with Crippen LogP contribution in [0.1, 0.15) is 53.4 Å². The number of rotatable bonds is 5. The lowest BCUT2D eigenvalue weighted by molar-refractivity contribution is -0.101. The van der Waals surface area contributed by atoms with Crippen molar-refractivity contribution >= 4 is 0 Å². The Hall–Kier alpha value is -0.190. The quantitative estimate of drug-likeness (QED) is 0.774. The predicted octanol–water partition coefficient (Wildman–Crippen LogP) is 3.34. The van der Waals surface area contributed by atoms with Gasteiger partial charge in [-0.3, -0.25) is 4.90 Å². The molecule has 2 atom stereocenters. The minimum absolute atomic E-state index is 0.182. The van der Waals surface area contributed by atoms with E-state index in [2.05, 4.69) is 37.5 Å². The second-order valence-electron chi connectivity index (χ2n) is 8.32. The fourth-order valence-corrected chi connectivity index (χ4v) is 3.75. The number of nitrogens with zero attached hydrogens (tertiary/aromatic N) is 2. The van der Waals surface area contributed by atoms with Gasteiger partial charge in [0.25, 0.3) is 0 Å². The van der Waals surface area contributed by atoms with Crippen molar-refractivity contribution in [2.24, 2.45) is 5.41 Å². The van der Waals surface area contributed by atoms with E-state index in [9.17, 15) is 4.39 Å². The van der Waals surface area contributed by atoms with Crippen molar-refractivity contribution in [2.45, 2.75) is 71.8 Å². The highest BCUT2D eigenvalue weighted by Crippen LogP contribution is 2.25. The van der Waals surface area contributed by atoms with Crippen molar-refractivity contribution in [3.63, 3.8) is 0 Å². The van der Waals surface area contributed by atoms with Crippen LogP contribution in [-0.4, -0.2) is 67.4 Å². The van der Waals surface area contributed by atoms with E-state index in [1.807, 2.05) is 0 Å². The molecule has 0 aromatic heterocycles. The second kappa shape index (κ2) is 8.07. The predicted molar refractivity (Wildman–Crippen MR) is 90.0 cm³/mol. The maximum atomic E-state index is 14.4. The van der Waals surface area contributed by atoms with Crippen LogP contribution in [0.2, 0.25) is 0 Å². The Morgan fingerprint density at radius 1 is 1.05 bits per heavy atom. The Morgan fingerprint density at radius 2 is 1.68 bits per heavy atom.